The van der Waals surface area contributed by atoms with Crippen LogP contribution in [-0.4, -0.2) is 57.7 Å². The second-order valence-electron chi connectivity index (χ2n) is 13.2. The summed E-state index contributed by atoms with van der Waals surface area (Å²) in [6.45, 7) is 12.3. The minimum Gasteiger partial charge on any atom is -0.474 e. The van der Waals surface area contributed by atoms with E-state index >= 15 is 4.39 Å². The van der Waals surface area contributed by atoms with Crippen molar-refractivity contribution in [1.29, 1.82) is 0 Å². The van der Waals surface area contributed by atoms with Gasteiger partial charge in [0, 0.05) is 28.9 Å². The lowest BCUT2D eigenvalue weighted by Crippen LogP contribution is -2.42. The quantitative estimate of drug-likeness (QED) is 0.257. The Balaban J connectivity index is 0.000000874. The van der Waals surface area contributed by atoms with Gasteiger partial charge >= 0.3 is 18.3 Å². The molecule has 0 atom stereocenters. The molecule has 12 nitrogen and oxygen atoms in total. The Bertz CT molecular complexity index is 1620. The fourth-order valence-electron chi connectivity index (χ4n) is 5.17. The van der Waals surface area contributed by atoms with Crippen LogP contribution in [0.5, 0.6) is 5.88 Å². The van der Waals surface area contributed by atoms with Gasteiger partial charge in [0.25, 0.3) is 0 Å². The van der Waals surface area contributed by atoms with Crippen molar-refractivity contribution >= 4 is 46.2 Å². The van der Waals surface area contributed by atoms with Gasteiger partial charge < -0.3 is 19.3 Å². The van der Waals surface area contributed by atoms with Crippen molar-refractivity contribution in [2.75, 3.05) is 28.7 Å². The number of aromatic nitrogens is 2. The Morgan fingerprint density at radius 2 is 1.54 bits per heavy atom. The number of hydrogen-bond donors (Lipinski definition) is 3. The molecule has 1 aliphatic carbocycles. The molecule has 5 rings (SSSR count). The number of nitrogens with zero attached hydrogens (tertiary/aromatic N) is 3. The number of anilines is 3. The van der Waals surface area contributed by atoms with Crippen LogP contribution in [0.25, 0.3) is 21.9 Å². The molecule has 3 N–H and O–H groups in total. The monoisotopic (exact) mass is 639 g/mol. The Morgan fingerprint density at radius 1 is 0.913 bits per heavy atom. The second kappa shape index (κ2) is 13.8. The van der Waals surface area contributed by atoms with Crippen molar-refractivity contribution in [2.45, 2.75) is 91.8 Å². The Morgan fingerprint density at radius 3 is 2.13 bits per heavy atom. The number of pyridine rings is 2. The van der Waals surface area contributed by atoms with Crippen LogP contribution >= 0.6 is 0 Å². The molecule has 46 heavy (non-hydrogen) atoms. The topological polar surface area (TPSA) is 152 Å². The number of nitrogens with one attached hydrogen (secondary N) is 2. The first-order valence-electron chi connectivity index (χ1n) is 15.3. The van der Waals surface area contributed by atoms with E-state index in [-0.39, 0.29) is 41.5 Å². The smallest absolute Gasteiger partial charge is 0.415 e. The maximum absolute atomic E-state index is 16.3. The zero-order valence-electron chi connectivity index (χ0n) is 27.4. The van der Waals surface area contributed by atoms with Gasteiger partial charge in [-0.25, -0.2) is 28.7 Å². The minimum atomic E-state index is -1.33. The first-order chi connectivity index (χ1) is 21.5. The number of hydrogen-bond acceptors (Lipinski definition) is 8. The predicted octanol–water partition coefficient (Wildman–Crippen LogP) is 8.27. The van der Waals surface area contributed by atoms with Gasteiger partial charge in [0.2, 0.25) is 5.88 Å². The summed E-state index contributed by atoms with van der Waals surface area (Å²) in [7, 11) is 0. The molecule has 248 valence electrons. The lowest BCUT2D eigenvalue weighted by Gasteiger charge is -2.32. The number of amides is 3. The van der Waals surface area contributed by atoms with Crippen molar-refractivity contribution in [3.63, 3.8) is 0 Å². The molecule has 0 radical (unpaired) electrons. The SMILES string of the molecule is C1CCCC1.Cc1c(-c2cc3cc(NC(=O)O)ncc3c(NC(=O)OC(C)(C)C)c2F)cnc2c1N(C(=O)OC(C)(C)C)CCO2. The fraction of sp³-hybridized carbons (Fsp3) is 0.485. The van der Waals surface area contributed by atoms with E-state index in [1.165, 1.54) is 61.5 Å². The van der Waals surface area contributed by atoms with Gasteiger partial charge in [0.1, 0.15) is 29.3 Å². The molecule has 1 fully saturated rings. The van der Waals surface area contributed by atoms with Gasteiger partial charge in [-0.2, -0.15) is 0 Å². The van der Waals surface area contributed by atoms with Gasteiger partial charge in [-0.3, -0.25) is 15.5 Å². The highest BCUT2D eigenvalue weighted by molar-refractivity contribution is 6.04. The predicted molar refractivity (Wildman–Crippen MR) is 173 cm³/mol. The summed E-state index contributed by atoms with van der Waals surface area (Å²) in [5.74, 6) is -0.626. The van der Waals surface area contributed by atoms with Crippen molar-refractivity contribution in [1.82, 2.24) is 9.97 Å². The number of carbonyl (C=O) groups excluding carboxylic acids is 2. The van der Waals surface area contributed by atoms with Crippen molar-refractivity contribution in [2.24, 2.45) is 0 Å². The molecule has 3 aromatic rings. The summed E-state index contributed by atoms with van der Waals surface area (Å²) in [6, 6.07) is 2.89. The van der Waals surface area contributed by atoms with Crippen LogP contribution in [0.3, 0.4) is 0 Å². The highest BCUT2D eigenvalue weighted by atomic mass is 19.1. The van der Waals surface area contributed by atoms with Crippen molar-refractivity contribution < 1.29 is 38.1 Å². The van der Waals surface area contributed by atoms with E-state index in [0.717, 1.165) is 0 Å². The van der Waals surface area contributed by atoms with Crippen LogP contribution < -0.4 is 20.3 Å². The third-order valence-electron chi connectivity index (χ3n) is 7.07. The molecule has 3 amide bonds. The van der Waals surface area contributed by atoms with Crippen molar-refractivity contribution in [3.05, 3.63) is 35.9 Å². The van der Waals surface area contributed by atoms with Gasteiger partial charge in [-0.05, 0) is 71.5 Å². The van der Waals surface area contributed by atoms with E-state index < -0.39 is 35.3 Å². The first-order valence-corrected chi connectivity index (χ1v) is 15.3. The summed E-state index contributed by atoms with van der Waals surface area (Å²) in [4.78, 5) is 46.7. The molecule has 0 spiro atoms. The lowest BCUT2D eigenvalue weighted by molar-refractivity contribution is 0.0564. The Labute approximate surface area is 267 Å². The fourth-order valence-corrected chi connectivity index (χ4v) is 5.17. The average molecular weight is 640 g/mol. The summed E-state index contributed by atoms with van der Waals surface area (Å²) in [5, 5.41) is 14.3. The molecule has 1 aromatic carbocycles. The summed E-state index contributed by atoms with van der Waals surface area (Å²) < 4.78 is 32.9. The average Bonchev–Trinajstić information content (AvgIpc) is 3.53. The number of carboxylic acid groups (broad SMARTS) is 1. The molecule has 1 saturated carbocycles. The van der Waals surface area contributed by atoms with Crippen LogP contribution in [0, 0.1) is 12.7 Å². The Kier molecular flexibility index (Phi) is 10.2. The molecule has 0 bridgehead atoms. The molecule has 2 aliphatic rings. The number of ether oxygens (including phenoxy) is 3. The van der Waals surface area contributed by atoms with E-state index in [9.17, 15) is 14.4 Å². The third kappa shape index (κ3) is 8.52. The van der Waals surface area contributed by atoms with Gasteiger partial charge in [-0.15, -0.1) is 0 Å². The maximum Gasteiger partial charge on any atom is 0.415 e. The van der Waals surface area contributed by atoms with E-state index in [2.05, 4.69) is 20.6 Å². The third-order valence-corrected chi connectivity index (χ3v) is 7.07. The Hall–Kier alpha value is -4.68. The van der Waals surface area contributed by atoms with E-state index in [1.807, 2.05) is 0 Å². The molecular formula is C33H42FN5O7. The number of carbonyl (C=O) groups is 3. The standard InChI is InChI=1S/C28H32FN5O7.C5H10/c1-14-17(12-31-23-22(14)34(8-9-39-23)26(38)41-28(5,6)7)16-10-15-11-19(32-24(35)36)30-13-18(15)21(20(16)29)33-25(37)40-27(2,3)4;1-2-4-5-3-1/h10-13H,8-9H2,1-7H3,(H,30,32)(H,33,37)(H,35,36);1-5H2. The summed E-state index contributed by atoms with van der Waals surface area (Å²) >= 11 is 0. The van der Waals surface area contributed by atoms with E-state index in [4.69, 9.17) is 19.3 Å². The summed E-state index contributed by atoms with van der Waals surface area (Å²) in [5.41, 5.74) is -0.700. The maximum atomic E-state index is 16.3. The highest BCUT2D eigenvalue weighted by Gasteiger charge is 2.32. The zero-order valence-corrected chi connectivity index (χ0v) is 27.4. The van der Waals surface area contributed by atoms with Crippen LogP contribution in [0.4, 0.5) is 36.0 Å². The number of benzene rings is 1. The first kappa shape index (κ1) is 34.2. The van der Waals surface area contributed by atoms with Crippen LogP contribution in [0.2, 0.25) is 0 Å². The highest BCUT2D eigenvalue weighted by Crippen LogP contribution is 2.42. The minimum absolute atomic E-state index is 0.00411. The lowest BCUT2D eigenvalue weighted by atomic mass is 9.96. The van der Waals surface area contributed by atoms with E-state index in [0.29, 0.717) is 22.2 Å². The number of rotatable bonds is 3. The van der Waals surface area contributed by atoms with Gasteiger partial charge in [0.15, 0.2) is 5.82 Å². The van der Waals surface area contributed by atoms with Crippen LogP contribution in [0.15, 0.2) is 24.5 Å². The van der Waals surface area contributed by atoms with Crippen molar-refractivity contribution in [3.8, 4) is 17.0 Å². The molecule has 2 aromatic heterocycles. The molecule has 0 unspecified atom stereocenters. The largest absolute Gasteiger partial charge is 0.474 e. The number of fused-ring (bicyclic) bond motifs is 2. The second-order valence-corrected chi connectivity index (χ2v) is 13.2. The molecular weight excluding hydrogens is 597 g/mol. The van der Waals surface area contributed by atoms with E-state index in [1.54, 1.807) is 48.5 Å². The molecule has 13 heteroatoms. The molecule has 1 aliphatic heterocycles. The van der Waals surface area contributed by atoms with Crippen LogP contribution in [-0.2, 0) is 9.47 Å². The molecule has 0 saturated heterocycles. The number of halogens is 1. The van der Waals surface area contributed by atoms with Crippen LogP contribution in [0.1, 0.15) is 79.2 Å². The van der Waals surface area contributed by atoms with Gasteiger partial charge in [0.05, 0.1) is 12.2 Å². The van der Waals surface area contributed by atoms with Gasteiger partial charge in [-0.1, -0.05) is 32.1 Å². The normalized spacial score (nSPS) is 14.4. The zero-order chi connectivity index (χ0) is 33.8. The molecule has 3 heterocycles. The summed E-state index contributed by atoms with van der Waals surface area (Å²) in [6.07, 6.45) is 7.32.